The number of rotatable bonds is 7. The minimum absolute atomic E-state index is 0.0716. The number of aromatic nitrogens is 1. The summed E-state index contributed by atoms with van der Waals surface area (Å²) in [7, 11) is 3.24. The van der Waals surface area contributed by atoms with Crippen molar-refractivity contribution in [2.24, 2.45) is 11.8 Å². The van der Waals surface area contributed by atoms with Crippen LogP contribution in [-0.4, -0.2) is 53.6 Å². The number of hydrogen-bond acceptors (Lipinski definition) is 4. The Morgan fingerprint density at radius 1 is 1.18 bits per heavy atom. The van der Waals surface area contributed by atoms with Gasteiger partial charge in [0.2, 0.25) is 5.91 Å². The van der Waals surface area contributed by atoms with Crippen LogP contribution in [0.25, 0.3) is 10.9 Å². The largest absolute Gasteiger partial charge is 0.496 e. The molecule has 1 aliphatic carbocycles. The highest BCUT2D eigenvalue weighted by atomic mass is 16.5. The minimum atomic E-state index is -1.00. The van der Waals surface area contributed by atoms with E-state index >= 15 is 0 Å². The Labute approximate surface area is 202 Å². The SMILES string of the molecule is COc1ccc(OC)c2c1cc1n2C[C@](C)(C(=O)N[C@H]2CCCC[C@@H]2C)N(CCC(C)C)C1=O. The summed E-state index contributed by atoms with van der Waals surface area (Å²) in [4.78, 5) is 29.6. The molecule has 2 aromatic rings. The molecule has 7 nitrogen and oxygen atoms in total. The molecule has 0 radical (unpaired) electrons. The number of carbonyl (C=O) groups excluding carboxylic acids is 2. The quantitative estimate of drug-likeness (QED) is 0.643. The minimum Gasteiger partial charge on any atom is -0.496 e. The van der Waals surface area contributed by atoms with Crippen molar-refractivity contribution in [3.05, 3.63) is 23.9 Å². The summed E-state index contributed by atoms with van der Waals surface area (Å²) in [5.41, 5.74) is 0.354. The number of amides is 2. The molecular weight excluding hydrogens is 430 g/mol. The standard InChI is InChI=1S/C27H39N3O4/c1-17(2)13-14-30-25(31)21-15-19-22(33-5)11-12-23(34-6)24(19)29(21)16-27(30,4)26(32)28-20-10-8-7-9-18(20)3/h11-12,15,17-18,20H,7-10,13-14,16H2,1-6H3,(H,28,32)/t18-,20-,27+/m0/s1. The third-order valence-electron chi connectivity index (χ3n) is 7.79. The van der Waals surface area contributed by atoms with Crippen LogP contribution in [0, 0.1) is 11.8 Å². The molecule has 2 heterocycles. The number of hydrogen-bond donors (Lipinski definition) is 1. The van der Waals surface area contributed by atoms with E-state index in [0.29, 0.717) is 42.1 Å². The molecule has 1 aliphatic heterocycles. The molecule has 1 saturated carbocycles. The van der Waals surface area contributed by atoms with Crippen LogP contribution in [0.2, 0.25) is 0 Å². The van der Waals surface area contributed by atoms with Gasteiger partial charge >= 0.3 is 0 Å². The molecular formula is C27H39N3O4. The van der Waals surface area contributed by atoms with Crippen molar-refractivity contribution in [3.8, 4) is 11.5 Å². The first-order valence-corrected chi connectivity index (χ1v) is 12.6. The van der Waals surface area contributed by atoms with Crippen molar-refractivity contribution in [1.82, 2.24) is 14.8 Å². The molecule has 186 valence electrons. The summed E-state index contributed by atoms with van der Waals surface area (Å²) in [5.74, 6) is 2.01. The lowest BCUT2D eigenvalue weighted by molar-refractivity contribution is -0.134. The molecule has 0 unspecified atom stereocenters. The second-order valence-electron chi connectivity index (χ2n) is 10.6. The fourth-order valence-electron chi connectivity index (χ4n) is 5.55. The number of methoxy groups -OCH3 is 2. The fraction of sp³-hybridized carbons (Fsp3) is 0.630. The fourth-order valence-corrected chi connectivity index (χ4v) is 5.55. The summed E-state index contributed by atoms with van der Waals surface area (Å²) >= 11 is 0. The first-order chi connectivity index (χ1) is 16.2. The molecule has 0 spiro atoms. The van der Waals surface area contributed by atoms with Gasteiger partial charge in [-0.3, -0.25) is 9.59 Å². The molecule has 3 atom stereocenters. The van der Waals surface area contributed by atoms with Crippen LogP contribution in [0.15, 0.2) is 18.2 Å². The lowest BCUT2D eigenvalue weighted by atomic mass is 9.85. The van der Waals surface area contributed by atoms with Crippen molar-refractivity contribution < 1.29 is 19.1 Å². The van der Waals surface area contributed by atoms with E-state index in [1.807, 2.05) is 29.7 Å². The van der Waals surface area contributed by atoms with E-state index in [-0.39, 0.29) is 17.9 Å². The van der Waals surface area contributed by atoms with Crippen LogP contribution in [-0.2, 0) is 11.3 Å². The van der Waals surface area contributed by atoms with E-state index in [9.17, 15) is 9.59 Å². The van der Waals surface area contributed by atoms with Gasteiger partial charge in [-0.25, -0.2) is 0 Å². The molecule has 2 amide bonds. The molecule has 0 bridgehead atoms. The number of carbonyl (C=O) groups is 2. The van der Waals surface area contributed by atoms with E-state index in [2.05, 4.69) is 26.1 Å². The van der Waals surface area contributed by atoms with E-state index in [0.717, 1.165) is 36.6 Å². The summed E-state index contributed by atoms with van der Waals surface area (Å²) in [5, 5.41) is 4.16. The molecule has 4 rings (SSSR count). The third-order valence-corrected chi connectivity index (χ3v) is 7.79. The van der Waals surface area contributed by atoms with Crippen molar-refractivity contribution in [3.63, 3.8) is 0 Å². The molecule has 1 aromatic heterocycles. The van der Waals surface area contributed by atoms with Crippen LogP contribution in [0.5, 0.6) is 11.5 Å². The van der Waals surface area contributed by atoms with E-state index < -0.39 is 5.54 Å². The number of fused-ring (bicyclic) bond motifs is 3. The predicted octanol–water partition coefficient (Wildman–Crippen LogP) is 4.61. The summed E-state index contributed by atoms with van der Waals surface area (Å²) in [6, 6.07) is 5.73. The highest BCUT2D eigenvalue weighted by Gasteiger charge is 2.48. The second kappa shape index (κ2) is 9.51. The maximum absolute atomic E-state index is 13.9. The van der Waals surface area contributed by atoms with Crippen LogP contribution in [0.1, 0.15) is 70.3 Å². The second-order valence-corrected chi connectivity index (χ2v) is 10.6. The molecule has 7 heteroatoms. The Hall–Kier alpha value is -2.70. The van der Waals surface area contributed by atoms with Crippen molar-refractivity contribution >= 4 is 22.7 Å². The van der Waals surface area contributed by atoms with Gasteiger partial charge < -0.3 is 24.3 Å². The van der Waals surface area contributed by atoms with Gasteiger partial charge in [-0.15, -0.1) is 0 Å². The lowest BCUT2D eigenvalue weighted by Gasteiger charge is -2.45. The Morgan fingerprint density at radius 3 is 2.50 bits per heavy atom. The van der Waals surface area contributed by atoms with Gasteiger partial charge in [0.25, 0.3) is 5.91 Å². The third kappa shape index (κ3) is 4.14. The van der Waals surface area contributed by atoms with Gasteiger partial charge in [0.05, 0.1) is 26.3 Å². The maximum atomic E-state index is 13.9. The van der Waals surface area contributed by atoms with Crippen molar-refractivity contribution in [2.45, 2.75) is 77.9 Å². The van der Waals surface area contributed by atoms with Crippen molar-refractivity contribution in [1.29, 1.82) is 0 Å². The van der Waals surface area contributed by atoms with Gasteiger partial charge in [-0.2, -0.15) is 0 Å². The zero-order valence-electron chi connectivity index (χ0n) is 21.4. The van der Waals surface area contributed by atoms with Crippen LogP contribution in [0.3, 0.4) is 0 Å². The van der Waals surface area contributed by atoms with E-state index in [1.54, 1.807) is 19.1 Å². The molecule has 1 aromatic carbocycles. The average Bonchev–Trinajstić information content (AvgIpc) is 3.19. The summed E-state index contributed by atoms with van der Waals surface area (Å²) in [6.07, 6.45) is 5.30. The van der Waals surface area contributed by atoms with Crippen LogP contribution in [0.4, 0.5) is 0 Å². The Bertz CT molecular complexity index is 1080. The zero-order chi connectivity index (χ0) is 24.6. The number of nitrogens with zero attached hydrogens (tertiary/aromatic N) is 2. The highest BCUT2D eigenvalue weighted by molar-refractivity contribution is 6.05. The maximum Gasteiger partial charge on any atom is 0.271 e. The molecule has 2 aliphatic rings. The number of ether oxygens (including phenoxy) is 2. The first-order valence-electron chi connectivity index (χ1n) is 12.6. The van der Waals surface area contributed by atoms with Crippen LogP contribution < -0.4 is 14.8 Å². The number of benzene rings is 1. The van der Waals surface area contributed by atoms with Gasteiger partial charge in [-0.05, 0) is 56.2 Å². The summed E-state index contributed by atoms with van der Waals surface area (Å²) in [6.45, 7) is 9.31. The molecule has 1 N–H and O–H groups in total. The van der Waals surface area contributed by atoms with E-state index in [1.165, 1.54) is 6.42 Å². The van der Waals surface area contributed by atoms with Gasteiger partial charge in [0.15, 0.2) is 0 Å². The predicted molar refractivity (Wildman–Crippen MR) is 134 cm³/mol. The van der Waals surface area contributed by atoms with Gasteiger partial charge in [0.1, 0.15) is 22.7 Å². The summed E-state index contributed by atoms with van der Waals surface area (Å²) < 4.78 is 13.2. The first kappa shape index (κ1) is 24.4. The van der Waals surface area contributed by atoms with Gasteiger partial charge in [-0.1, -0.05) is 33.6 Å². The Balaban J connectivity index is 1.80. The smallest absolute Gasteiger partial charge is 0.271 e. The Morgan fingerprint density at radius 2 is 1.85 bits per heavy atom. The topological polar surface area (TPSA) is 72.8 Å². The molecule has 1 fully saturated rings. The van der Waals surface area contributed by atoms with E-state index in [4.69, 9.17) is 9.47 Å². The Kier molecular flexibility index (Phi) is 6.83. The monoisotopic (exact) mass is 469 g/mol. The van der Waals surface area contributed by atoms with Gasteiger partial charge in [0, 0.05) is 18.0 Å². The average molecular weight is 470 g/mol. The normalized spacial score (nSPS) is 24.9. The zero-order valence-corrected chi connectivity index (χ0v) is 21.4. The molecule has 0 saturated heterocycles. The van der Waals surface area contributed by atoms with Crippen molar-refractivity contribution in [2.75, 3.05) is 20.8 Å². The van der Waals surface area contributed by atoms with Crippen LogP contribution >= 0.6 is 0 Å². The molecule has 34 heavy (non-hydrogen) atoms. The highest BCUT2D eigenvalue weighted by Crippen LogP contribution is 2.40. The number of nitrogens with one attached hydrogen (secondary N) is 1. The lowest BCUT2D eigenvalue weighted by Crippen LogP contribution is -2.65.